The Bertz CT molecular complexity index is 582. The van der Waals surface area contributed by atoms with Crippen LogP contribution in [0.3, 0.4) is 0 Å². The number of phenolic OH excluding ortho intramolecular Hbond substituents is 1. The number of para-hydroxylation sites is 2. The highest BCUT2D eigenvalue weighted by Gasteiger charge is 2.18. The molecule has 1 aromatic carbocycles. The molecule has 0 amide bonds. The number of anilines is 2. The first-order valence-electron chi connectivity index (χ1n) is 7.73. The highest BCUT2D eigenvalue weighted by molar-refractivity contribution is 5.57. The van der Waals surface area contributed by atoms with Crippen LogP contribution in [0.5, 0.6) is 5.75 Å². The van der Waals surface area contributed by atoms with E-state index in [4.69, 9.17) is 0 Å². The van der Waals surface area contributed by atoms with E-state index in [0.29, 0.717) is 5.75 Å². The molecule has 0 spiro atoms. The Hall–Kier alpha value is -2.27. The van der Waals surface area contributed by atoms with Crippen molar-refractivity contribution in [2.24, 2.45) is 0 Å². The lowest BCUT2D eigenvalue weighted by atomic mass is 10.2. The predicted octanol–water partition coefficient (Wildman–Crippen LogP) is 2.02. The van der Waals surface area contributed by atoms with Crippen LogP contribution in [0.4, 0.5) is 11.5 Å². The topological polar surface area (TPSA) is 51.6 Å². The average Bonchev–Trinajstić information content (AvgIpc) is 2.57. The van der Waals surface area contributed by atoms with Crippen LogP contribution in [0.25, 0.3) is 0 Å². The van der Waals surface area contributed by atoms with Crippen molar-refractivity contribution in [3.63, 3.8) is 0 Å². The van der Waals surface area contributed by atoms with E-state index >= 15 is 0 Å². The average molecular weight is 298 g/mol. The minimum Gasteiger partial charge on any atom is -0.506 e. The molecule has 5 heteroatoms. The molecule has 3 rings (SSSR count). The lowest BCUT2D eigenvalue weighted by Gasteiger charge is -2.36. The summed E-state index contributed by atoms with van der Waals surface area (Å²) < 4.78 is 0. The maximum atomic E-state index is 9.92. The van der Waals surface area contributed by atoms with Crippen LogP contribution in [-0.4, -0.2) is 54.3 Å². The molecule has 2 heterocycles. The summed E-state index contributed by atoms with van der Waals surface area (Å²) in [5.74, 6) is 1.29. The Morgan fingerprint density at radius 1 is 1.00 bits per heavy atom. The highest BCUT2D eigenvalue weighted by atomic mass is 16.3. The summed E-state index contributed by atoms with van der Waals surface area (Å²) >= 11 is 0. The molecule has 1 aliphatic rings. The van der Waals surface area contributed by atoms with E-state index in [2.05, 4.69) is 20.1 Å². The minimum atomic E-state index is 0.368. The Morgan fingerprint density at radius 2 is 1.77 bits per heavy atom. The fraction of sp³-hybridized carbons (Fsp3) is 0.353. The van der Waals surface area contributed by atoms with Crippen LogP contribution in [0.2, 0.25) is 0 Å². The fourth-order valence-corrected chi connectivity index (χ4v) is 2.75. The van der Waals surface area contributed by atoms with Crippen LogP contribution in [0.1, 0.15) is 0 Å². The third-order valence-electron chi connectivity index (χ3n) is 3.99. The first-order valence-corrected chi connectivity index (χ1v) is 7.73. The largest absolute Gasteiger partial charge is 0.506 e. The standard InChI is InChI=1S/C17H22N4O/c22-16-6-2-1-5-15(16)21-13-11-20(12-14-21)10-9-19-17-7-3-4-8-18-17/h1-8,22H,9-14H2,(H,18,19). The number of nitrogens with zero attached hydrogens (tertiary/aromatic N) is 3. The molecule has 0 saturated carbocycles. The van der Waals surface area contributed by atoms with Crippen molar-refractivity contribution in [1.29, 1.82) is 0 Å². The van der Waals surface area contributed by atoms with Gasteiger partial charge in [0, 0.05) is 45.5 Å². The number of hydrogen-bond donors (Lipinski definition) is 2. The molecule has 2 N–H and O–H groups in total. The van der Waals surface area contributed by atoms with Crippen molar-refractivity contribution in [1.82, 2.24) is 9.88 Å². The van der Waals surface area contributed by atoms with E-state index in [1.54, 1.807) is 12.3 Å². The second-order valence-electron chi connectivity index (χ2n) is 5.46. The van der Waals surface area contributed by atoms with Crippen molar-refractivity contribution >= 4 is 11.5 Å². The summed E-state index contributed by atoms with van der Waals surface area (Å²) in [6.45, 7) is 5.82. The zero-order valence-corrected chi connectivity index (χ0v) is 12.7. The highest BCUT2D eigenvalue weighted by Crippen LogP contribution is 2.27. The summed E-state index contributed by atoms with van der Waals surface area (Å²) in [5.41, 5.74) is 0.939. The Balaban J connectivity index is 1.43. The maximum Gasteiger partial charge on any atom is 0.138 e. The first kappa shape index (κ1) is 14.7. The van der Waals surface area contributed by atoms with Crippen molar-refractivity contribution in [3.05, 3.63) is 48.7 Å². The fourth-order valence-electron chi connectivity index (χ4n) is 2.75. The SMILES string of the molecule is Oc1ccccc1N1CCN(CCNc2ccccn2)CC1. The molecule has 1 aromatic heterocycles. The number of piperazine rings is 1. The van der Waals surface area contributed by atoms with Gasteiger partial charge in [0.25, 0.3) is 0 Å². The third kappa shape index (κ3) is 3.68. The van der Waals surface area contributed by atoms with Gasteiger partial charge in [0.2, 0.25) is 0 Å². The minimum absolute atomic E-state index is 0.368. The summed E-state index contributed by atoms with van der Waals surface area (Å²) in [5, 5.41) is 13.3. The van der Waals surface area contributed by atoms with Gasteiger partial charge in [-0.1, -0.05) is 18.2 Å². The van der Waals surface area contributed by atoms with Gasteiger partial charge in [-0.3, -0.25) is 4.90 Å². The van der Waals surface area contributed by atoms with Crippen molar-refractivity contribution in [2.75, 3.05) is 49.5 Å². The normalized spacial score (nSPS) is 15.7. The molecule has 2 aromatic rings. The lowest BCUT2D eigenvalue weighted by Crippen LogP contribution is -2.47. The molecule has 0 atom stereocenters. The molecule has 5 nitrogen and oxygen atoms in total. The van der Waals surface area contributed by atoms with E-state index < -0.39 is 0 Å². The maximum absolute atomic E-state index is 9.92. The summed E-state index contributed by atoms with van der Waals surface area (Å²) in [7, 11) is 0. The number of hydrogen-bond acceptors (Lipinski definition) is 5. The second kappa shape index (κ2) is 7.13. The zero-order valence-electron chi connectivity index (χ0n) is 12.7. The van der Waals surface area contributed by atoms with E-state index in [9.17, 15) is 5.11 Å². The molecule has 0 radical (unpaired) electrons. The molecular weight excluding hydrogens is 276 g/mol. The van der Waals surface area contributed by atoms with Crippen LogP contribution < -0.4 is 10.2 Å². The molecule has 116 valence electrons. The van der Waals surface area contributed by atoms with Gasteiger partial charge >= 0.3 is 0 Å². The smallest absolute Gasteiger partial charge is 0.138 e. The number of aromatic nitrogens is 1. The summed E-state index contributed by atoms with van der Waals surface area (Å²) in [4.78, 5) is 8.94. The molecule has 0 aliphatic carbocycles. The van der Waals surface area contributed by atoms with E-state index in [-0.39, 0.29) is 0 Å². The number of nitrogens with one attached hydrogen (secondary N) is 1. The van der Waals surface area contributed by atoms with E-state index in [1.807, 2.05) is 36.4 Å². The number of pyridine rings is 1. The number of phenols is 1. The summed E-state index contributed by atoms with van der Waals surface area (Å²) in [6, 6.07) is 13.4. The molecule has 1 fully saturated rings. The van der Waals surface area contributed by atoms with Crippen LogP contribution in [-0.2, 0) is 0 Å². The van der Waals surface area contributed by atoms with Crippen LogP contribution in [0, 0.1) is 0 Å². The Morgan fingerprint density at radius 3 is 2.50 bits per heavy atom. The van der Waals surface area contributed by atoms with Gasteiger partial charge in [-0.05, 0) is 24.3 Å². The van der Waals surface area contributed by atoms with E-state index in [0.717, 1.165) is 50.8 Å². The Kier molecular flexibility index (Phi) is 4.75. The van der Waals surface area contributed by atoms with Gasteiger partial charge < -0.3 is 15.3 Å². The van der Waals surface area contributed by atoms with Gasteiger partial charge in [-0.25, -0.2) is 4.98 Å². The summed E-state index contributed by atoms with van der Waals surface area (Å²) in [6.07, 6.45) is 1.80. The Labute approximate surface area is 131 Å². The van der Waals surface area contributed by atoms with Crippen LogP contribution in [0.15, 0.2) is 48.7 Å². The van der Waals surface area contributed by atoms with Gasteiger partial charge in [-0.2, -0.15) is 0 Å². The second-order valence-corrected chi connectivity index (χ2v) is 5.46. The first-order chi connectivity index (χ1) is 10.8. The molecular formula is C17H22N4O. The van der Waals surface area contributed by atoms with Gasteiger partial charge in [0.05, 0.1) is 5.69 Å². The number of aromatic hydroxyl groups is 1. The van der Waals surface area contributed by atoms with Gasteiger partial charge in [-0.15, -0.1) is 0 Å². The van der Waals surface area contributed by atoms with Gasteiger partial charge in [0.15, 0.2) is 0 Å². The predicted molar refractivity (Wildman–Crippen MR) is 89.5 cm³/mol. The van der Waals surface area contributed by atoms with Crippen LogP contribution >= 0.6 is 0 Å². The molecule has 22 heavy (non-hydrogen) atoms. The zero-order chi connectivity index (χ0) is 15.2. The van der Waals surface area contributed by atoms with Crippen molar-refractivity contribution in [2.45, 2.75) is 0 Å². The number of rotatable bonds is 5. The third-order valence-corrected chi connectivity index (χ3v) is 3.99. The lowest BCUT2D eigenvalue weighted by molar-refractivity contribution is 0.266. The quantitative estimate of drug-likeness (QED) is 0.884. The molecule has 1 aliphatic heterocycles. The van der Waals surface area contributed by atoms with E-state index in [1.165, 1.54) is 0 Å². The van der Waals surface area contributed by atoms with Crippen molar-refractivity contribution in [3.8, 4) is 5.75 Å². The number of benzene rings is 1. The monoisotopic (exact) mass is 298 g/mol. The van der Waals surface area contributed by atoms with Gasteiger partial charge in [0.1, 0.15) is 11.6 Å². The molecule has 1 saturated heterocycles. The van der Waals surface area contributed by atoms with Crippen molar-refractivity contribution < 1.29 is 5.11 Å². The molecule has 0 bridgehead atoms. The molecule has 0 unspecified atom stereocenters.